The molecule has 1 aliphatic heterocycles. The molecule has 0 fully saturated rings. The van der Waals surface area contributed by atoms with Crippen LogP contribution in [0, 0.1) is 17.0 Å². The fraction of sp³-hybridized carbons (Fsp3) is 0.190. The van der Waals surface area contributed by atoms with E-state index >= 15 is 0 Å². The van der Waals surface area contributed by atoms with E-state index in [1.54, 1.807) is 4.90 Å². The van der Waals surface area contributed by atoms with Gasteiger partial charge in [-0.05, 0) is 31.0 Å². The molecular formula is C21H17N3O5S2. The molecule has 4 rings (SSSR count). The van der Waals surface area contributed by atoms with Crippen LogP contribution >= 0.6 is 23.1 Å². The van der Waals surface area contributed by atoms with E-state index in [9.17, 15) is 19.7 Å². The van der Waals surface area contributed by atoms with E-state index < -0.39 is 17.5 Å². The normalized spacial score (nSPS) is 12.5. The Labute approximate surface area is 186 Å². The van der Waals surface area contributed by atoms with Gasteiger partial charge in [0.1, 0.15) is 0 Å². The van der Waals surface area contributed by atoms with Crippen LogP contribution in [0.5, 0.6) is 0 Å². The number of anilines is 1. The second-order valence-electron chi connectivity index (χ2n) is 6.79. The molecule has 0 N–H and O–H groups in total. The van der Waals surface area contributed by atoms with Crippen molar-refractivity contribution in [2.45, 2.75) is 22.6 Å². The standard InChI is InChI=1S/C21H17N3O5S2/c1-13-12-30-21(22-13)31-18-7-6-15(24(27)28)10-16(18)20(26)29-11-19(25)23-9-8-14-4-2-3-5-17(14)23/h2-7,10,12H,8-9,11H2,1H3. The maximum Gasteiger partial charge on any atom is 0.340 e. The highest BCUT2D eigenvalue weighted by Crippen LogP contribution is 2.35. The van der Waals surface area contributed by atoms with Gasteiger partial charge in [0.2, 0.25) is 0 Å². The van der Waals surface area contributed by atoms with E-state index in [-0.39, 0.29) is 17.2 Å². The number of benzene rings is 2. The summed E-state index contributed by atoms with van der Waals surface area (Å²) in [5, 5.41) is 13.1. The number of carbonyl (C=O) groups is 2. The zero-order chi connectivity index (χ0) is 22.0. The number of nitrogens with zero attached hydrogens (tertiary/aromatic N) is 3. The highest BCUT2D eigenvalue weighted by atomic mass is 32.2. The van der Waals surface area contributed by atoms with Crippen LogP contribution in [0.25, 0.3) is 0 Å². The summed E-state index contributed by atoms with van der Waals surface area (Å²) >= 11 is 2.63. The van der Waals surface area contributed by atoms with Crippen molar-refractivity contribution in [2.24, 2.45) is 0 Å². The van der Waals surface area contributed by atoms with E-state index in [1.165, 1.54) is 41.3 Å². The van der Waals surface area contributed by atoms with E-state index in [2.05, 4.69) is 4.98 Å². The highest BCUT2D eigenvalue weighted by Gasteiger charge is 2.26. The van der Waals surface area contributed by atoms with Crippen molar-refractivity contribution in [1.82, 2.24) is 4.98 Å². The van der Waals surface area contributed by atoms with Crippen molar-refractivity contribution in [1.29, 1.82) is 0 Å². The number of ether oxygens (including phenoxy) is 1. The van der Waals surface area contributed by atoms with Gasteiger partial charge >= 0.3 is 5.97 Å². The Morgan fingerprint density at radius 2 is 2.10 bits per heavy atom. The van der Waals surface area contributed by atoms with E-state index in [1.807, 2.05) is 36.6 Å². The zero-order valence-corrected chi connectivity index (χ0v) is 18.1. The number of aromatic nitrogens is 1. The number of esters is 1. The Hall–Kier alpha value is -3.24. The number of aryl methyl sites for hydroxylation is 1. The first kappa shape index (κ1) is 21.0. The van der Waals surface area contributed by atoms with Crippen LogP contribution in [0.1, 0.15) is 21.6 Å². The fourth-order valence-electron chi connectivity index (χ4n) is 3.23. The van der Waals surface area contributed by atoms with Gasteiger partial charge in [-0.3, -0.25) is 14.9 Å². The lowest BCUT2D eigenvalue weighted by molar-refractivity contribution is -0.384. The summed E-state index contributed by atoms with van der Waals surface area (Å²) < 4.78 is 5.95. The van der Waals surface area contributed by atoms with E-state index in [4.69, 9.17) is 4.74 Å². The van der Waals surface area contributed by atoms with Crippen LogP contribution in [0.2, 0.25) is 0 Å². The third-order valence-corrected chi connectivity index (χ3v) is 6.84. The van der Waals surface area contributed by atoms with Gasteiger partial charge < -0.3 is 9.64 Å². The molecule has 2 heterocycles. The summed E-state index contributed by atoms with van der Waals surface area (Å²) in [5.41, 5.74) is 2.52. The lowest BCUT2D eigenvalue weighted by atomic mass is 10.2. The second kappa shape index (κ2) is 8.86. The number of rotatable bonds is 6. The van der Waals surface area contributed by atoms with Crippen LogP contribution in [0.15, 0.2) is 57.1 Å². The van der Waals surface area contributed by atoms with E-state index in [0.717, 1.165) is 23.4 Å². The number of nitro benzene ring substituents is 1. The van der Waals surface area contributed by atoms with Gasteiger partial charge in [0, 0.05) is 40.3 Å². The van der Waals surface area contributed by atoms with Crippen LogP contribution in [0.3, 0.4) is 0 Å². The molecule has 1 amide bonds. The topological polar surface area (TPSA) is 103 Å². The number of thiazole rings is 1. The molecule has 3 aromatic rings. The molecular weight excluding hydrogens is 438 g/mol. The molecule has 0 spiro atoms. The number of para-hydroxylation sites is 1. The third-order valence-electron chi connectivity index (χ3n) is 4.70. The molecule has 1 aliphatic rings. The van der Waals surface area contributed by atoms with Crippen LogP contribution in [-0.2, 0) is 16.0 Å². The average molecular weight is 456 g/mol. The average Bonchev–Trinajstić information content (AvgIpc) is 3.38. The maximum absolute atomic E-state index is 12.8. The number of hydrogen-bond donors (Lipinski definition) is 0. The molecule has 0 atom stereocenters. The summed E-state index contributed by atoms with van der Waals surface area (Å²) in [7, 11) is 0. The molecule has 31 heavy (non-hydrogen) atoms. The first-order valence-electron chi connectivity index (χ1n) is 9.36. The number of fused-ring (bicyclic) bond motifs is 1. The maximum atomic E-state index is 12.8. The summed E-state index contributed by atoms with van der Waals surface area (Å²) in [6, 6.07) is 11.6. The Morgan fingerprint density at radius 1 is 1.29 bits per heavy atom. The molecule has 1 aromatic heterocycles. The van der Waals surface area contributed by atoms with Crippen molar-refractivity contribution in [3.8, 4) is 0 Å². The van der Waals surface area contributed by atoms with Gasteiger partial charge in [0.15, 0.2) is 10.9 Å². The lowest BCUT2D eigenvalue weighted by Crippen LogP contribution is -2.33. The van der Waals surface area contributed by atoms with Gasteiger partial charge in [-0.15, -0.1) is 11.3 Å². The minimum absolute atomic E-state index is 0.0293. The molecule has 0 aliphatic carbocycles. The minimum Gasteiger partial charge on any atom is -0.452 e. The molecule has 8 nitrogen and oxygen atoms in total. The van der Waals surface area contributed by atoms with Crippen LogP contribution in [-0.4, -0.2) is 34.9 Å². The SMILES string of the molecule is Cc1csc(Sc2ccc([N+](=O)[O-])cc2C(=O)OCC(=O)N2CCc3ccccc32)n1. The molecule has 0 unspecified atom stereocenters. The summed E-state index contributed by atoms with van der Waals surface area (Å²) in [6.07, 6.45) is 0.745. The van der Waals surface area contributed by atoms with Crippen LogP contribution in [0.4, 0.5) is 11.4 Å². The number of hydrogen-bond acceptors (Lipinski definition) is 8. The third kappa shape index (κ3) is 4.59. The molecule has 0 saturated heterocycles. The number of non-ortho nitro benzene ring substituents is 1. The Balaban J connectivity index is 1.51. The molecule has 158 valence electrons. The van der Waals surface area contributed by atoms with Gasteiger partial charge in [0.25, 0.3) is 11.6 Å². The van der Waals surface area contributed by atoms with Crippen molar-refractivity contribution in [3.05, 3.63) is 74.8 Å². The Kier molecular flexibility index (Phi) is 6.01. The van der Waals surface area contributed by atoms with Gasteiger partial charge in [-0.2, -0.15) is 0 Å². The minimum atomic E-state index is -0.791. The first-order chi connectivity index (χ1) is 14.9. The molecule has 0 bridgehead atoms. The first-order valence-corrected chi connectivity index (χ1v) is 11.1. The Morgan fingerprint density at radius 3 is 2.84 bits per heavy atom. The smallest absolute Gasteiger partial charge is 0.340 e. The van der Waals surface area contributed by atoms with Gasteiger partial charge in [0.05, 0.1) is 10.5 Å². The molecule has 0 saturated carbocycles. The summed E-state index contributed by atoms with van der Waals surface area (Å²) in [6.45, 7) is 1.93. The summed E-state index contributed by atoms with van der Waals surface area (Å²) in [4.78, 5) is 42.4. The molecule has 2 aromatic carbocycles. The predicted molar refractivity (Wildman–Crippen MR) is 117 cm³/mol. The van der Waals surface area contributed by atoms with Gasteiger partial charge in [-0.25, -0.2) is 9.78 Å². The quantitative estimate of drug-likeness (QED) is 0.311. The number of amides is 1. The highest BCUT2D eigenvalue weighted by molar-refractivity contribution is 8.01. The van der Waals surface area contributed by atoms with Crippen molar-refractivity contribution in [3.63, 3.8) is 0 Å². The Bertz CT molecular complexity index is 1180. The van der Waals surface area contributed by atoms with Crippen molar-refractivity contribution in [2.75, 3.05) is 18.1 Å². The van der Waals surface area contributed by atoms with Gasteiger partial charge in [-0.1, -0.05) is 30.0 Å². The largest absolute Gasteiger partial charge is 0.452 e. The summed E-state index contributed by atoms with van der Waals surface area (Å²) in [5.74, 6) is -1.13. The molecule has 0 radical (unpaired) electrons. The predicted octanol–water partition coefficient (Wildman–Crippen LogP) is 4.26. The monoisotopic (exact) mass is 455 g/mol. The van der Waals surface area contributed by atoms with Crippen molar-refractivity contribution >= 4 is 46.3 Å². The number of nitro groups is 1. The molecule has 10 heteroatoms. The number of carbonyl (C=O) groups excluding carboxylic acids is 2. The van der Waals surface area contributed by atoms with Crippen LogP contribution < -0.4 is 4.90 Å². The zero-order valence-electron chi connectivity index (χ0n) is 16.4. The fourth-order valence-corrected chi connectivity index (χ4v) is 5.13. The lowest BCUT2D eigenvalue weighted by Gasteiger charge is -2.17. The van der Waals surface area contributed by atoms with Crippen molar-refractivity contribution < 1.29 is 19.2 Å². The second-order valence-corrected chi connectivity index (χ2v) is 8.94. The van der Waals surface area contributed by atoms with E-state index in [0.29, 0.717) is 15.8 Å².